The van der Waals surface area contributed by atoms with E-state index in [2.05, 4.69) is 0 Å². The van der Waals surface area contributed by atoms with E-state index in [0.717, 1.165) is 16.7 Å². The van der Waals surface area contributed by atoms with Crippen LogP contribution in [0.15, 0.2) is 84.9 Å². The van der Waals surface area contributed by atoms with Crippen molar-refractivity contribution in [1.82, 2.24) is 0 Å². The van der Waals surface area contributed by atoms with Gasteiger partial charge in [-0.3, -0.25) is 0 Å². The summed E-state index contributed by atoms with van der Waals surface area (Å²) >= 11 is 0. The molecule has 0 radical (unpaired) electrons. The maximum absolute atomic E-state index is 9.81. The summed E-state index contributed by atoms with van der Waals surface area (Å²) in [6, 6.07) is 27.0. The Kier molecular flexibility index (Phi) is 3.46. The number of rotatable bonds is 3. The van der Waals surface area contributed by atoms with Crippen LogP contribution in [0.1, 0.15) is 16.7 Å². The molecule has 3 aromatic carbocycles. The zero-order chi connectivity index (χ0) is 14.7. The molecular weight excluding hydrogens is 258 g/mol. The van der Waals surface area contributed by atoms with Gasteiger partial charge in [0.25, 0.3) is 0 Å². The molecule has 0 aromatic heterocycles. The summed E-state index contributed by atoms with van der Waals surface area (Å²) < 4.78 is 0. The predicted octanol–water partition coefficient (Wildman–Crippen LogP) is 3.64. The normalized spacial score (nSPS) is 11.3. The summed E-state index contributed by atoms with van der Waals surface area (Å²) in [6.45, 7) is 0. The molecule has 0 aliphatic rings. The van der Waals surface area contributed by atoms with Crippen molar-refractivity contribution in [3.05, 3.63) is 102 Å². The van der Waals surface area contributed by atoms with Crippen LogP contribution in [0, 0.1) is 0 Å². The Hall–Kier alpha value is -2.58. The van der Waals surface area contributed by atoms with Crippen LogP contribution in [0.3, 0.4) is 0 Å². The van der Waals surface area contributed by atoms with Crippen molar-refractivity contribution < 1.29 is 5.11 Å². The summed E-state index contributed by atoms with van der Waals surface area (Å²) in [5.41, 5.74) is 8.87. The van der Waals surface area contributed by atoms with Crippen LogP contribution < -0.4 is 5.73 Å². The lowest BCUT2D eigenvalue weighted by Gasteiger charge is -2.31. The highest BCUT2D eigenvalue weighted by molar-refractivity contribution is 5.50. The minimum absolute atomic E-state index is 0.217. The second-order valence-electron chi connectivity index (χ2n) is 5.09. The molecule has 0 aliphatic carbocycles. The van der Waals surface area contributed by atoms with Crippen LogP contribution in [0.25, 0.3) is 0 Å². The van der Waals surface area contributed by atoms with E-state index in [4.69, 9.17) is 5.73 Å². The number of nitrogens with two attached hydrogens (primary N) is 1. The van der Waals surface area contributed by atoms with Crippen molar-refractivity contribution in [1.29, 1.82) is 0 Å². The van der Waals surface area contributed by atoms with Gasteiger partial charge in [0, 0.05) is 0 Å². The minimum Gasteiger partial charge on any atom is -0.508 e. The van der Waals surface area contributed by atoms with Crippen molar-refractivity contribution in [2.45, 2.75) is 5.54 Å². The van der Waals surface area contributed by atoms with Gasteiger partial charge in [-0.2, -0.15) is 0 Å². The molecule has 0 bridgehead atoms. The van der Waals surface area contributed by atoms with Crippen molar-refractivity contribution in [2.24, 2.45) is 5.73 Å². The number of phenolic OH excluding ortho intramolecular Hbond substituents is 1. The van der Waals surface area contributed by atoms with Gasteiger partial charge in [-0.05, 0) is 28.8 Å². The highest BCUT2D eigenvalue weighted by atomic mass is 16.3. The molecule has 21 heavy (non-hydrogen) atoms. The van der Waals surface area contributed by atoms with Crippen LogP contribution in [0.5, 0.6) is 5.75 Å². The van der Waals surface area contributed by atoms with E-state index in [0.29, 0.717) is 0 Å². The average molecular weight is 275 g/mol. The van der Waals surface area contributed by atoms with Gasteiger partial charge in [-0.1, -0.05) is 72.8 Å². The standard InChI is InChI=1S/C19H17NO/c20-19(15-8-3-1-4-9-15,16-10-5-2-6-11-16)17-12-7-13-18(21)14-17/h1-14,21H,20H2. The maximum atomic E-state index is 9.81. The molecule has 0 aliphatic heterocycles. The van der Waals surface area contributed by atoms with Crippen LogP contribution in [-0.2, 0) is 5.54 Å². The average Bonchev–Trinajstić information content (AvgIpc) is 2.56. The molecule has 3 rings (SSSR count). The molecule has 0 saturated heterocycles. The van der Waals surface area contributed by atoms with E-state index in [9.17, 15) is 5.11 Å². The summed E-state index contributed by atoms with van der Waals surface area (Å²) in [5, 5.41) is 9.81. The number of hydrogen-bond acceptors (Lipinski definition) is 2. The Labute approximate surface area is 124 Å². The fourth-order valence-corrected chi connectivity index (χ4v) is 2.65. The molecule has 0 unspecified atom stereocenters. The highest BCUT2D eigenvalue weighted by Crippen LogP contribution is 2.35. The monoisotopic (exact) mass is 275 g/mol. The van der Waals surface area contributed by atoms with Gasteiger partial charge in [0.15, 0.2) is 0 Å². The quantitative estimate of drug-likeness (QED) is 0.717. The largest absolute Gasteiger partial charge is 0.508 e. The third-order valence-corrected chi connectivity index (χ3v) is 3.76. The molecule has 3 N–H and O–H groups in total. The predicted molar refractivity (Wildman–Crippen MR) is 85.1 cm³/mol. The first kappa shape index (κ1) is 13.4. The molecule has 0 fully saturated rings. The van der Waals surface area contributed by atoms with Crippen molar-refractivity contribution >= 4 is 0 Å². The number of aromatic hydroxyl groups is 1. The Balaban J connectivity index is 2.25. The zero-order valence-corrected chi connectivity index (χ0v) is 11.6. The van der Waals surface area contributed by atoms with Crippen LogP contribution in [0.4, 0.5) is 0 Å². The SMILES string of the molecule is NC(c1ccccc1)(c1ccccc1)c1cccc(O)c1. The Bertz CT molecular complexity index is 683. The fraction of sp³-hybridized carbons (Fsp3) is 0.0526. The Morgan fingerprint density at radius 1 is 0.619 bits per heavy atom. The van der Waals surface area contributed by atoms with Crippen LogP contribution in [0.2, 0.25) is 0 Å². The summed E-state index contributed by atoms with van der Waals surface area (Å²) in [6.07, 6.45) is 0. The third kappa shape index (κ3) is 2.41. The van der Waals surface area contributed by atoms with E-state index >= 15 is 0 Å². The first-order chi connectivity index (χ1) is 10.2. The molecule has 3 aromatic rings. The molecular formula is C19H17NO. The molecule has 0 amide bonds. The van der Waals surface area contributed by atoms with Crippen molar-refractivity contribution in [3.8, 4) is 5.75 Å². The van der Waals surface area contributed by atoms with Gasteiger partial charge in [0.05, 0.1) is 5.54 Å². The summed E-state index contributed by atoms with van der Waals surface area (Å²) in [4.78, 5) is 0. The smallest absolute Gasteiger partial charge is 0.115 e. The minimum atomic E-state index is -0.790. The van der Waals surface area contributed by atoms with E-state index < -0.39 is 5.54 Å². The molecule has 0 saturated carbocycles. The summed E-state index contributed by atoms with van der Waals surface area (Å²) in [5.74, 6) is 0.217. The third-order valence-electron chi connectivity index (χ3n) is 3.76. The summed E-state index contributed by atoms with van der Waals surface area (Å²) in [7, 11) is 0. The Morgan fingerprint density at radius 2 is 1.10 bits per heavy atom. The molecule has 0 atom stereocenters. The Morgan fingerprint density at radius 3 is 1.57 bits per heavy atom. The molecule has 0 heterocycles. The molecule has 0 spiro atoms. The zero-order valence-electron chi connectivity index (χ0n) is 11.6. The van der Waals surface area contributed by atoms with E-state index in [1.807, 2.05) is 72.8 Å². The van der Waals surface area contributed by atoms with E-state index in [1.54, 1.807) is 12.1 Å². The lowest BCUT2D eigenvalue weighted by molar-refractivity contribution is 0.472. The molecule has 104 valence electrons. The maximum Gasteiger partial charge on any atom is 0.115 e. The van der Waals surface area contributed by atoms with Crippen LogP contribution in [-0.4, -0.2) is 5.11 Å². The van der Waals surface area contributed by atoms with Gasteiger partial charge in [0.2, 0.25) is 0 Å². The number of hydrogen-bond donors (Lipinski definition) is 2. The van der Waals surface area contributed by atoms with Gasteiger partial charge < -0.3 is 10.8 Å². The second kappa shape index (κ2) is 5.43. The van der Waals surface area contributed by atoms with Crippen molar-refractivity contribution in [3.63, 3.8) is 0 Å². The lowest BCUT2D eigenvalue weighted by atomic mass is 9.78. The van der Waals surface area contributed by atoms with E-state index in [1.165, 1.54) is 0 Å². The fourth-order valence-electron chi connectivity index (χ4n) is 2.65. The lowest BCUT2D eigenvalue weighted by Crippen LogP contribution is -2.39. The first-order valence-electron chi connectivity index (χ1n) is 6.91. The second-order valence-corrected chi connectivity index (χ2v) is 5.09. The number of benzene rings is 3. The van der Waals surface area contributed by atoms with Gasteiger partial charge in [-0.15, -0.1) is 0 Å². The van der Waals surface area contributed by atoms with E-state index in [-0.39, 0.29) is 5.75 Å². The van der Waals surface area contributed by atoms with Gasteiger partial charge in [0.1, 0.15) is 5.75 Å². The topological polar surface area (TPSA) is 46.2 Å². The van der Waals surface area contributed by atoms with Gasteiger partial charge >= 0.3 is 0 Å². The number of phenols is 1. The van der Waals surface area contributed by atoms with Crippen LogP contribution >= 0.6 is 0 Å². The molecule has 2 nitrogen and oxygen atoms in total. The first-order valence-corrected chi connectivity index (χ1v) is 6.91. The highest BCUT2D eigenvalue weighted by Gasteiger charge is 2.31. The molecule has 2 heteroatoms. The van der Waals surface area contributed by atoms with Crippen molar-refractivity contribution in [2.75, 3.05) is 0 Å². The van der Waals surface area contributed by atoms with Gasteiger partial charge in [-0.25, -0.2) is 0 Å².